The van der Waals surface area contributed by atoms with Crippen LogP contribution in [-0.2, 0) is 23.9 Å². The number of hydrogen-bond acceptors (Lipinski definition) is 7. The molecule has 0 aliphatic carbocycles. The molecule has 0 unspecified atom stereocenters. The molecule has 4 rings (SSSR count). The standard InChI is InChI=1S/C23H22BrNO6/c1-3-29-21(27)23(22(28)30-4-2)18(13-8-6-5-7-9-13)17-19(25-23)15-12-14(24)10-11-16(15)31-20(17)26/h5-12,17-19,25H,3-4H2,1-2H3/t17-,18-,19-/m0/s1. The van der Waals surface area contributed by atoms with Gasteiger partial charge in [-0.3, -0.25) is 10.1 Å². The van der Waals surface area contributed by atoms with E-state index < -0.39 is 41.3 Å². The molecule has 1 fully saturated rings. The number of hydrogen-bond donors (Lipinski definition) is 1. The second kappa shape index (κ2) is 8.43. The Labute approximate surface area is 188 Å². The van der Waals surface area contributed by atoms with Crippen LogP contribution in [0.2, 0.25) is 0 Å². The van der Waals surface area contributed by atoms with Crippen LogP contribution in [0.25, 0.3) is 0 Å². The number of ether oxygens (including phenoxy) is 3. The molecule has 1 saturated heterocycles. The molecule has 0 saturated carbocycles. The molecule has 2 aromatic rings. The molecule has 3 atom stereocenters. The van der Waals surface area contributed by atoms with Crippen molar-refractivity contribution in [3.63, 3.8) is 0 Å². The van der Waals surface area contributed by atoms with Gasteiger partial charge >= 0.3 is 17.9 Å². The minimum Gasteiger partial charge on any atom is -0.464 e. The first-order valence-corrected chi connectivity index (χ1v) is 10.9. The zero-order valence-corrected chi connectivity index (χ0v) is 18.7. The largest absolute Gasteiger partial charge is 0.464 e. The third-order valence-electron chi connectivity index (χ3n) is 5.71. The summed E-state index contributed by atoms with van der Waals surface area (Å²) in [6.07, 6.45) is 0. The molecule has 0 aromatic heterocycles. The average molecular weight is 488 g/mol. The Kier molecular flexibility index (Phi) is 5.85. The van der Waals surface area contributed by atoms with Crippen molar-refractivity contribution in [3.05, 3.63) is 64.1 Å². The first kappa shape index (κ1) is 21.5. The van der Waals surface area contributed by atoms with E-state index in [1.807, 2.05) is 12.1 Å². The molecule has 0 radical (unpaired) electrons. The smallest absolute Gasteiger partial charge is 0.338 e. The summed E-state index contributed by atoms with van der Waals surface area (Å²) in [5.41, 5.74) is -0.583. The van der Waals surface area contributed by atoms with Gasteiger partial charge in [-0.25, -0.2) is 9.59 Å². The van der Waals surface area contributed by atoms with Crippen LogP contribution in [0.3, 0.4) is 0 Å². The zero-order valence-electron chi connectivity index (χ0n) is 17.1. The molecular formula is C23H22BrNO6. The Hall–Kier alpha value is -2.71. The highest BCUT2D eigenvalue weighted by Gasteiger charge is 2.68. The van der Waals surface area contributed by atoms with Crippen LogP contribution in [-0.4, -0.2) is 36.7 Å². The van der Waals surface area contributed by atoms with Crippen molar-refractivity contribution in [2.45, 2.75) is 31.3 Å². The van der Waals surface area contributed by atoms with E-state index in [9.17, 15) is 14.4 Å². The highest BCUT2D eigenvalue weighted by molar-refractivity contribution is 9.10. The van der Waals surface area contributed by atoms with Crippen LogP contribution in [0.15, 0.2) is 53.0 Å². The Morgan fingerprint density at radius 3 is 2.32 bits per heavy atom. The second-order valence-electron chi connectivity index (χ2n) is 7.39. The van der Waals surface area contributed by atoms with Crippen LogP contribution in [0.5, 0.6) is 5.75 Å². The van der Waals surface area contributed by atoms with E-state index in [2.05, 4.69) is 21.2 Å². The summed E-state index contributed by atoms with van der Waals surface area (Å²) in [6.45, 7) is 3.48. The maximum absolute atomic E-state index is 13.3. The number of carbonyl (C=O) groups excluding carboxylic acids is 3. The zero-order chi connectivity index (χ0) is 22.2. The number of benzene rings is 2. The van der Waals surface area contributed by atoms with Gasteiger partial charge in [-0.1, -0.05) is 46.3 Å². The SMILES string of the molecule is CCOC(=O)C1(C(=O)OCC)N[C@H]2c3cc(Br)ccc3OC(=O)[C@H]2[C@@H]1c1ccccc1. The maximum atomic E-state index is 13.3. The highest BCUT2D eigenvalue weighted by Crippen LogP contribution is 2.54. The highest BCUT2D eigenvalue weighted by atomic mass is 79.9. The van der Waals surface area contributed by atoms with Crippen molar-refractivity contribution in [2.24, 2.45) is 5.92 Å². The van der Waals surface area contributed by atoms with E-state index in [-0.39, 0.29) is 13.2 Å². The van der Waals surface area contributed by atoms with Crippen molar-refractivity contribution in [1.29, 1.82) is 0 Å². The third-order valence-corrected chi connectivity index (χ3v) is 6.20. The fourth-order valence-electron chi connectivity index (χ4n) is 4.52. The summed E-state index contributed by atoms with van der Waals surface area (Å²) in [5, 5.41) is 3.17. The first-order valence-electron chi connectivity index (χ1n) is 10.1. The number of fused-ring (bicyclic) bond motifs is 3. The summed E-state index contributed by atoms with van der Waals surface area (Å²) >= 11 is 3.45. The number of carbonyl (C=O) groups is 3. The quantitative estimate of drug-likeness (QED) is 0.393. The summed E-state index contributed by atoms with van der Waals surface area (Å²) in [5.74, 6) is -3.40. The lowest BCUT2D eigenvalue weighted by atomic mass is 9.73. The number of nitrogens with one attached hydrogen (secondary N) is 1. The van der Waals surface area contributed by atoms with Gasteiger partial charge in [0.15, 0.2) is 0 Å². The summed E-state index contributed by atoms with van der Waals surface area (Å²) in [4.78, 5) is 39.9. The van der Waals surface area contributed by atoms with Crippen molar-refractivity contribution in [2.75, 3.05) is 13.2 Å². The molecule has 31 heavy (non-hydrogen) atoms. The van der Waals surface area contributed by atoms with Gasteiger partial charge in [-0.05, 0) is 37.6 Å². The van der Waals surface area contributed by atoms with E-state index in [0.717, 1.165) is 4.47 Å². The van der Waals surface area contributed by atoms with Crippen LogP contribution in [0.4, 0.5) is 0 Å². The Balaban J connectivity index is 1.96. The number of esters is 3. The van der Waals surface area contributed by atoms with E-state index in [1.165, 1.54) is 0 Å². The molecule has 162 valence electrons. The van der Waals surface area contributed by atoms with E-state index in [0.29, 0.717) is 16.9 Å². The molecule has 0 bridgehead atoms. The van der Waals surface area contributed by atoms with E-state index in [1.54, 1.807) is 50.2 Å². The first-order chi connectivity index (χ1) is 14.9. The van der Waals surface area contributed by atoms with Gasteiger partial charge < -0.3 is 14.2 Å². The van der Waals surface area contributed by atoms with Crippen LogP contribution < -0.4 is 10.1 Å². The van der Waals surface area contributed by atoms with Crippen molar-refractivity contribution in [1.82, 2.24) is 5.32 Å². The van der Waals surface area contributed by atoms with Crippen molar-refractivity contribution >= 4 is 33.8 Å². The maximum Gasteiger partial charge on any atom is 0.338 e. The van der Waals surface area contributed by atoms with Gasteiger partial charge in [-0.15, -0.1) is 0 Å². The monoisotopic (exact) mass is 487 g/mol. The average Bonchev–Trinajstić information content (AvgIpc) is 3.14. The van der Waals surface area contributed by atoms with Gasteiger partial charge in [0.25, 0.3) is 0 Å². The van der Waals surface area contributed by atoms with Crippen LogP contribution >= 0.6 is 15.9 Å². The molecule has 2 aliphatic heterocycles. The molecular weight excluding hydrogens is 466 g/mol. The minimum absolute atomic E-state index is 0.0745. The molecule has 7 nitrogen and oxygen atoms in total. The predicted molar refractivity (Wildman–Crippen MR) is 114 cm³/mol. The summed E-state index contributed by atoms with van der Waals surface area (Å²) < 4.78 is 17.1. The lowest BCUT2D eigenvalue weighted by Crippen LogP contribution is -2.59. The van der Waals surface area contributed by atoms with Gasteiger partial charge in [0.05, 0.1) is 25.2 Å². The fourth-order valence-corrected chi connectivity index (χ4v) is 4.90. The number of rotatable bonds is 5. The summed E-state index contributed by atoms with van der Waals surface area (Å²) in [7, 11) is 0. The normalized spacial score (nSPS) is 23.3. The summed E-state index contributed by atoms with van der Waals surface area (Å²) in [6, 6.07) is 13.6. The van der Waals surface area contributed by atoms with E-state index in [4.69, 9.17) is 14.2 Å². The predicted octanol–water partition coefficient (Wildman–Crippen LogP) is 3.28. The molecule has 1 N–H and O–H groups in total. The molecule has 2 aromatic carbocycles. The van der Waals surface area contributed by atoms with Crippen molar-refractivity contribution in [3.8, 4) is 5.75 Å². The Morgan fingerprint density at radius 1 is 1.06 bits per heavy atom. The van der Waals surface area contributed by atoms with Gasteiger partial charge in [-0.2, -0.15) is 0 Å². The molecule has 0 spiro atoms. The molecule has 2 aliphatic rings. The topological polar surface area (TPSA) is 90.9 Å². The van der Waals surface area contributed by atoms with Crippen molar-refractivity contribution < 1.29 is 28.6 Å². The fraction of sp³-hybridized carbons (Fsp3) is 0.348. The third kappa shape index (κ3) is 3.43. The van der Waals surface area contributed by atoms with Gasteiger partial charge in [0, 0.05) is 16.0 Å². The van der Waals surface area contributed by atoms with Gasteiger partial charge in [0.1, 0.15) is 5.75 Å². The van der Waals surface area contributed by atoms with Crippen LogP contribution in [0.1, 0.15) is 36.9 Å². The molecule has 8 heteroatoms. The Morgan fingerprint density at radius 2 is 1.71 bits per heavy atom. The second-order valence-corrected chi connectivity index (χ2v) is 8.30. The van der Waals surface area contributed by atoms with E-state index >= 15 is 0 Å². The number of halogens is 1. The lowest BCUT2D eigenvalue weighted by Gasteiger charge is -2.32. The minimum atomic E-state index is -1.90. The molecule has 2 heterocycles. The lowest BCUT2D eigenvalue weighted by molar-refractivity contribution is -0.166. The molecule has 0 amide bonds. The van der Waals surface area contributed by atoms with Crippen LogP contribution in [0, 0.1) is 5.92 Å². The van der Waals surface area contributed by atoms with Gasteiger partial charge in [0.2, 0.25) is 5.54 Å². The Bertz CT molecular complexity index is 1010.